The Morgan fingerprint density at radius 3 is 2.48 bits per heavy atom. The van der Waals surface area contributed by atoms with Crippen LogP contribution in [-0.4, -0.2) is 25.9 Å². The first-order valence-corrected chi connectivity index (χ1v) is 8.07. The maximum Gasteiger partial charge on any atom is 0.272 e. The van der Waals surface area contributed by atoms with Crippen molar-refractivity contribution in [2.75, 3.05) is 12.4 Å². The van der Waals surface area contributed by atoms with Gasteiger partial charge in [0.25, 0.3) is 5.91 Å². The van der Waals surface area contributed by atoms with Crippen LogP contribution >= 0.6 is 11.6 Å². The monoisotopic (exact) mass is 363 g/mol. The standard InChI is InChI=1S/C13H12ClF2N3O3S/c1-17-23(21,22)8-5-11(19(2)6-8)13(20)18-7-3-9(14)12(16)10(15)4-7/h3-6,17H,1-2H3,(H,18,20). The molecule has 6 nitrogen and oxygen atoms in total. The summed E-state index contributed by atoms with van der Waals surface area (Å²) in [5, 5.41) is 1.84. The van der Waals surface area contributed by atoms with E-state index in [1.807, 2.05) is 0 Å². The highest BCUT2D eigenvalue weighted by atomic mass is 35.5. The highest BCUT2D eigenvalue weighted by Crippen LogP contribution is 2.23. The normalized spacial score (nSPS) is 11.5. The summed E-state index contributed by atoms with van der Waals surface area (Å²) in [7, 11) is -0.991. The third-order valence-electron chi connectivity index (χ3n) is 3.03. The van der Waals surface area contributed by atoms with Crippen LogP contribution in [0, 0.1) is 11.6 Å². The summed E-state index contributed by atoms with van der Waals surface area (Å²) in [4.78, 5) is 12.1. The van der Waals surface area contributed by atoms with Crippen LogP contribution < -0.4 is 10.0 Å². The van der Waals surface area contributed by atoms with Gasteiger partial charge in [-0.15, -0.1) is 0 Å². The molecule has 124 valence electrons. The van der Waals surface area contributed by atoms with E-state index in [4.69, 9.17) is 11.6 Å². The molecule has 0 saturated carbocycles. The number of benzene rings is 1. The molecular formula is C13H12ClF2N3O3S. The smallest absolute Gasteiger partial charge is 0.272 e. The molecule has 1 aromatic heterocycles. The molecule has 1 amide bonds. The van der Waals surface area contributed by atoms with Crippen molar-refractivity contribution in [3.63, 3.8) is 0 Å². The van der Waals surface area contributed by atoms with Crippen LogP contribution in [0.4, 0.5) is 14.5 Å². The molecule has 0 fully saturated rings. The number of halogens is 3. The number of carbonyl (C=O) groups is 1. The van der Waals surface area contributed by atoms with Gasteiger partial charge >= 0.3 is 0 Å². The summed E-state index contributed by atoms with van der Waals surface area (Å²) in [6.07, 6.45) is 1.25. The molecule has 0 aliphatic rings. The zero-order valence-corrected chi connectivity index (χ0v) is 13.6. The molecule has 1 aromatic carbocycles. The second-order valence-electron chi connectivity index (χ2n) is 4.59. The topological polar surface area (TPSA) is 80.2 Å². The molecule has 1 heterocycles. The molecule has 0 aliphatic heterocycles. The molecule has 0 unspecified atom stereocenters. The molecule has 23 heavy (non-hydrogen) atoms. The van der Waals surface area contributed by atoms with Gasteiger partial charge in [0.1, 0.15) is 10.6 Å². The van der Waals surface area contributed by atoms with Gasteiger partial charge in [0, 0.05) is 25.0 Å². The van der Waals surface area contributed by atoms with E-state index in [1.165, 1.54) is 24.9 Å². The Balaban J connectivity index is 2.32. The highest BCUT2D eigenvalue weighted by Gasteiger charge is 2.20. The number of hydrogen-bond donors (Lipinski definition) is 2. The molecule has 2 N–H and O–H groups in total. The van der Waals surface area contributed by atoms with E-state index >= 15 is 0 Å². The summed E-state index contributed by atoms with van der Waals surface area (Å²) < 4.78 is 53.2. The van der Waals surface area contributed by atoms with Crippen molar-refractivity contribution in [1.82, 2.24) is 9.29 Å². The van der Waals surface area contributed by atoms with Gasteiger partial charge in [-0.2, -0.15) is 0 Å². The molecule has 0 spiro atoms. The van der Waals surface area contributed by atoms with E-state index in [0.29, 0.717) is 0 Å². The molecule has 0 aliphatic carbocycles. The number of nitrogens with one attached hydrogen (secondary N) is 2. The number of hydrogen-bond acceptors (Lipinski definition) is 3. The third-order valence-corrected chi connectivity index (χ3v) is 4.69. The Labute approximate surface area is 136 Å². The van der Waals surface area contributed by atoms with E-state index in [1.54, 1.807) is 0 Å². The van der Waals surface area contributed by atoms with Crippen molar-refractivity contribution < 1.29 is 22.0 Å². The molecule has 0 saturated heterocycles. The number of sulfonamides is 1. The minimum Gasteiger partial charge on any atom is -0.345 e. The van der Waals surface area contributed by atoms with Crippen molar-refractivity contribution in [3.8, 4) is 0 Å². The van der Waals surface area contributed by atoms with Gasteiger partial charge in [-0.25, -0.2) is 21.9 Å². The lowest BCUT2D eigenvalue weighted by molar-refractivity contribution is 0.101. The first-order valence-electron chi connectivity index (χ1n) is 6.21. The van der Waals surface area contributed by atoms with Crippen LogP contribution in [0.2, 0.25) is 5.02 Å². The summed E-state index contributed by atoms with van der Waals surface area (Å²) in [5.74, 6) is -3.13. The minimum atomic E-state index is -3.71. The van der Waals surface area contributed by atoms with Crippen LogP contribution in [0.3, 0.4) is 0 Å². The molecule has 10 heteroatoms. The zero-order valence-electron chi connectivity index (χ0n) is 12.0. The van der Waals surface area contributed by atoms with Crippen molar-refractivity contribution in [2.45, 2.75) is 4.90 Å². The summed E-state index contributed by atoms with van der Waals surface area (Å²) in [5.41, 5.74) is -0.0437. The Morgan fingerprint density at radius 2 is 1.91 bits per heavy atom. The van der Waals surface area contributed by atoms with Gasteiger partial charge < -0.3 is 9.88 Å². The Hall–Kier alpha value is -1.97. The lowest BCUT2D eigenvalue weighted by Gasteiger charge is -2.07. The van der Waals surface area contributed by atoms with Crippen molar-refractivity contribution in [2.24, 2.45) is 7.05 Å². The molecule has 2 rings (SSSR count). The van der Waals surface area contributed by atoms with Gasteiger partial charge in [0.05, 0.1) is 5.02 Å². The summed E-state index contributed by atoms with van der Waals surface area (Å²) >= 11 is 5.50. The maximum absolute atomic E-state index is 13.3. The zero-order chi connectivity index (χ0) is 17.4. The Morgan fingerprint density at radius 1 is 1.26 bits per heavy atom. The molecule has 0 bridgehead atoms. The van der Waals surface area contributed by atoms with Gasteiger partial charge in [0.15, 0.2) is 11.6 Å². The maximum atomic E-state index is 13.3. The van der Waals surface area contributed by atoms with Gasteiger partial charge in [-0.05, 0) is 19.2 Å². The quantitative estimate of drug-likeness (QED) is 0.816. The van der Waals surface area contributed by atoms with E-state index < -0.39 is 32.6 Å². The predicted octanol–water partition coefficient (Wildman–Crippen LogP) is 2.12. The molecule has 2 aromatic rings. The van der Waals surface area contributed by atoms with Crippen molar-refractivity contribution in [3.05, 3.63) is 46.7 Å². The fraction of sp³-hybridized carbons (Fsp3) is 0.154. The van der Waals surface area contributed by atoms with Crippen LogP contribution in [0.15, 0.2) is 29.3 Å². The number of nitrogens with zero attached hydrogens (tertiary/aromatic N) is 1. The van der Waals surface area contributed by atoms with Crippen molar-refractivity contribution >= 4 is 33.2 Å². The summed E-state index contributed by atoms with van der Waals surface area (Å²) in [6, 6.07) is 2.97. The average Bonchev–Trinajstić information content (AvgIpc) is 2.87. The number of aromatic nitrogens is 1. The lowest BCUT2D eigenvalue weighted by atomic mass is 10.3. The van der Waals surface area contributed by atoms with Crippen LogP contribution in [0.1, 0.15) is 10.5 Å². The van der Waals surface area contributed by atoms with E-state index in [9.17, 15) is 22.0 Å². The number of amides is 1. The molecular weight excluding hydrogens is 352 g/mol. The number of rotatable bonds is 4. The largest absolute Gasteiger partial charge is 0.345 e. The SMILES string of the molecule is CNS(=O)(=O)c1cc(C(=O)Nc2cc(F)c(F)c(Cl)c2)n(C)c1. The number of carbonyl (C=O) groups excluding carboxylic acids is 1. The predicted molar refractivity (Wildman–Crippen MR) is 81.0 cm³/mol. The molecule has 0 atom stereocenters. The van der Waals surface area contributed by atoms with Gasteiger partial charge in [-0.3, -0.25) is 4.79 Å². The number of anilines is 1. The fourth-order valence-electron chi connectivity index (χ4n) is 1.85. The van der Waals surface area contributed by atoms with E-state index in [2.05, 4.69) is 10.0 Å². The summed E-state index contributed by atoms with van der Waals surface area (Å²) in [6.45, 7) is 0. The van der Waals surface area contributed by atoms with Crippen molar-refractivity contribution in [1.29, 1.82) is 0 Å². The third kappa shape index (κ3) is 3.52. The molecule has 0 radical (unpaired) electrons. The first-order chi connectivity index (χ1) is 10.7. The minimum absolute atomic E-state index is 0.0136. The average molecular weight is 364 g/mol. The Kier molecular flexibility index (Phi) is 4.73. The Bertz CT molecular complexity index is 858. The van der Waals surface area contributed by atoms with E-state index in [0.717, 1.165) is 18.2 Å². The highest BCUT2D eigenvalue weighted by molar-refractivity contribution is 7.89. The lowest BCUT2D eigenvalue weighted by Crippen LogP contribution is -2.18. The van der Waals surface area contributed by atoms with Crippen LogP contribution in [0.25, 0.3) is 0 Å². The second-order valence-corrected chi connectivity index (χ2v) is 6.88. The first kappa shape index (κ1) is 17.4. The van der Waals surface area contributed by atoms with Gasteiger partial charge in [-0.1, -0.05) is 11.6 Å². The van der Waals surface area contributed by atoms with Crippen LogP contribution in [0.5, 0.6) is 0 Å². The number of aryl methyl sites for hydroxylation is 1. The fourth-order valence-corrected chi connectivity index (χ4v) is 2.85. The van der Waals surface area contributed by atoms with Gasteiger partial charge in [0.2, 0.25) is 10.0 Å². The van der Waals surface area contributed by atoms with E-state index in [-0.39, 0.29) is 16.3 Å². The second kappa shape index (κ2) is 6.26. The van der Waals surface area contributed by atoms with Crippen LogP contribution in [-0.2, 0) is 17.1 Å².